The second kappa shape index (κ2) is 24.1. The Morgan fingerprint density at radius 2 is 1.65 bits per heavy atom. The number of fused-ring (bicyclic) bond motifs is 1. The first-order chi connectivity index (χ1) is 31.7. The van der Waals surface area contributed by atoms with Crippen molar-refractivity contribution in [1.82, 2.24) is 36.5 Å². The molecule has 7 rings (SSSR count). The number of nitrogens with one attached hydrogen (secondary N) is 5. The number of aromatic nitrogens is 1. The van der Waals surface area contributed by atoms with Gasteiger partial charge >= 0.3 is 0 Å². The van der Waals surface area contributed by atoms with E-state index in [-0.39, 0.29) is 47.3 Å². The van der Waals surface area contributed by atoms with Gasteiger partial charge in [-0.2, -0.15) is 0 Å². The van der Waals surface area contributed by atoms with E-state index in [0.29, 0.717) is 51.3 Å². The molecule has 65 heavy (non-hydrogen) atoms. The van der Waals surface area contributed by atoms with E-state index < -0.39 is 24.2 Å². The topological polar surface area (TPSA) is 174 Å². The van der Waals surface area contributed by atoms with Gasteiger partial charge in [-0.15, -0.1) is 0 Å². The van der Waals surface area contributed by atoms with Gasteiger partial charge < -0.3 is 41.1 Å². The van der Waals surface area contributed by atoms with Gasteiger partial charge in [0.2, 0.25) is 23.6 Å². The molecule has 352 valence electrons. The first kappa shape index (κ1) is 48.1. The minimum Gasteiger partial charge on any atom is -0.378 e. The minimum atomic E-state index is -0.872. The molecule has 6 atom stereocenters. The lowest BCUT2D eigenvalue weighted by Gasteiger charge is -2.37. The van der Waals surface area contributed by atoms with Crippen LogP contribution < -0.4 is 31.5 Å². The van der Waals surface area contributed by atoms with Gasteiger partial charge in [-0.1, -0.05) is 92.0 Å². The van der Waals surface area contributed by atoms with Crippen LogP contribution in [0.1, 0.15) is 107 Å². The molecule has 1 aromatic carbocycles. The maximum Gasteiger partial charge on any atom is 0.253 e. The van der Waals surface area contributed by atoms with Gasteiger partial charge in [0, 0.05) is 38.6 Å². The van der Waals surface area contributed by atoms with E-state index in [1.807, 2.05) is 30.4 Å². The molecule has 2 aliphatic heterocycles. The van der Waals surface area contributed by atoms with Gasteiger partial charge in [0.25, 0.3) is 5.91 Å². The number of likely N-dealkylation sites (N-methyl/N-ethyl adjacent to an activating group) is 1. The molecular weight excluding hydrogens is 841 g/mol. The lowest BCUT2D eigenvalue weighted by Crippen LogP contribution is -2.60. The van der Waals surface area contributed by atoms with Crippen LogP contribution in [-0.4, -0.2) is 117 Å². The minimum absolute atomic E-state index is 0.00504. The number of unbranched alkanes of at least 4 members (excludes halogenated alkanes) is 3. The highest BCUT2D eigenvalue weighted by Crippen LogP contribution is 2.35. The molecule has 5 N–H and O–H groups in total. The third-order valence-electron chi connectivity index (χ3n) is 13.8. The summed E-state index contributed by atoms with van der Waals surface area (Å²) in [7, 11) is 1.72. The fourth-order valence-corrected chi connectivity index (χ4v) is 11.0. The fraction of sp³-hybridized carbons (Fsp3) is 0.600. The summed E-state index contributed by atoms with van der Waals surface area (Å²) in [6.07, 6.45) is 26.5. The average molecular weight is 911 g/mol. The highest BCUT2D eigenvalue weighted by atomic mass is 32.1. The maximum absolute atomic E-state index is 14.6. The van der Waals surface area contributed by atoms with Crippen LogP contribution in [0.3, 0.4) is 0 Å². The molecule has 1 saturated carbocycles. The number of carbonyl (C=O) groups is 5. The van der Waals surface area contributed by atoms with Gasteiger partial charge in [-0.3, -0.25) is 24.0 Å². The number of anilines is 1. The highest BCUT2D eigenvalue weighted by Gasteiger charge is 2.43. The maximum atomic E-state index is 14.6. The summed E-state index contributed by atoms with van der Waals surface area (Å²) < 4.78 is 6.49. The Kier molecular flexibility index (Phi) is 17.8. The van der Waals surface area contributed by atoms with Crippen molar-refractivity contribution in [2.75, 3.05) is 57.9 Å². The molecule has 0 bridgehead atoms. The zero-order chi connectivity index (χ0) is 45.5. The van der Waals surface area contributed by atoms with E-state index in [4.69, 9.17) is 9.72 Å². The summed E-state index contributed by atoms with van der Waals surface area (Å²) in [5, 5.41) is 16.4. The normalized spacial score (nSPS) is 21.9. The molecular formula is C50H70N8O6S. The third-order valence-corrected chi connectivity index (χ3v) is 14.9. The Labute approximate surface area is 388 Å². The van der Waals surface area contributed by atoms with E-state index in [0.717, 1.165) is 111 Å². The number of para-hydroxylation sites is 1. The van der Waals surface area contributed by atoms with Gasteiger partial charge in [-0.25, -0.2) is 4.98 Å². The first-order valence-corrected chi connectivity index (χ1v) is 25.1. The van der Waals surface area contributed by atoms with Crippen molar-refractivity contribution in [3.8, 4) is 0 Å². The molecule has 0 spiro atoms. The molecule has 1 aromatic heterocycles. The van der Waals surface area contributed by atoms with Gasteiger partial charge in [0.05, 0.1) is 35.0 Å². The van der Waals surface area contributed by atoms with E-state index in [2.05, 4.69) is 61.9 Å². The molecule has 3 heterocycles. The molecule has 3 fully saturated rings. The third kappa shape index (κ3) is 12.5. The SMILES string of the molecule is CN[C@@H](C)C(=O)N[C@H](C(=O)N1CCCC1C(=O)N[C@H](C(=O)NCCCCCCNC(=O)c1cccc2sc(N3CCOCC3)nc12)C(C1=CCCC=C1)C1C=CC=CC1)C1CCCCC1. The largest absolute Gasteiger partial charge is 0.378 e. The zero-order valence-corrected chi connectivity index (χ0v) is 39.2. The monoisotopic (exact) mass is 911 g/mol. The average Bonchev–Trinajstić information content (AvgIpc) is 4.03. The number of likely N-dealkylation sites (tertiary alicyclic amines) is 1. The second-order valence-corrected chi connectivity index (χ2v) is 19.2. The van der Waals surface area contributed by atoms with Crippen LogP contribution in [0.4, 0.5) is 5.13 Å². The molecule has 5 amide bonds. The van der Waals surface area contributed by atoms with Crippen molar-refractivity contribution < 1.29 is 28.7 Å². The summed E-state index contributed by atoms with van der Waals surface area (Å²) in [4.78, 5) is 78.7. The molecule has 5 aliphatic rings. The summed E-state index contributed by atoms with van der Waals surface area (Å²) in [6.45, 7) is 6.10. The highest BCUT2D eigenvalue weighted by molar-refractivity contribution is 7.22. The molecule has 2 saturated heterocycles. The quantitative estimate of drug-likeness (QED) is 0.104. The standard InChI is InChI=1S/C50H70N8O6S/c1-34(51-2)45(59)54-42(37-22-12-7-13-23-37)49(63)58-29-17-25-39(58)47(61)55-44(41(35-18-8-5-9-19-35)36-20-10-6-11-21-36)48(62)53-28-15-4-3-14-27-52-46(60)38-24-16-26-40-43(38)56-50(65-40)57-30-32-64-33-31-57/h5,8-10,16,18,20-21,24,26,34-35,37,39,41-42,44,51H,3-4,6-7,11-15,17,19,22-23,25,27-33H2,1-2H3,(H,52,60)(H,53,62)(H,54,59)(H,55,61)/t34-,35?,39?,41?,42-,44-/m0/s1. The van der Waals surface area contributed by atoms with Gasteiger partial charge in [0.1, 0.15) is 18.1 Å². The fourth-order valence-electron chi connectivity index (χ4n) is 9.97. The number of ether oxygens (including phenoxy) is 1. The molecule has 14 nitrogen and oxygen atoms in total. The van der Waals surface area contributed by atoms with E-state index in [9.17, 15) is 24.0 Å². The van der Waals surface area contributed by atoms with Crippen LogP contribution in [0, 0.1) is 17.8 Å². The van der Waals surface area contributed by atoms with Gasteiger partial charge in [-0.05, 0) is 101 Å². The van der Waals surface area contributed by atoms with Crippen molar-refractivity contribution in [2.24, 2.45) is 17.8 Å². The molecule has 3 unspecified atom stereocenters. The molecule has 0 radical (unpaired) electrons. The Balaban J connectivity index is 0.963. The smallest absolute Gasteiger partial charge is 0.253 e. The van der Waals surface area contributed by atoms with Crippen LogP contribution in [0.15, 0.2) is 66.3 Å². The van der Waals surface area contributed by atoms with Crippen molar-refractivity contribution in [3.63, 3.8) is 0 Å². The van der Waals surface area contributed by atoms with Crippen LogP contribution in [0.2, 0.25) is 0 Å². The summed E-state index contributed by atoms with van der Waals surface area (Å²) in [6, 6.07) is 2.95. The van der Waals surface area contributed by atoms with E-state index in [1.165, 1.54) is 0 Å². The number of amides is 5. The molecule has 3 aliphatic carbocycles. The van der Waals surface area contributed by atoms with Crippen molar-refractivity contribution in [1.29, 1.82) is 0 Å². The van der Waals surface area contributed by atoms with E-state index in [1.54, 1.807) is 30.2 Å². The van der Waals surface area contributed by atoms with Gasteiger partial charge in [0.15, 0.2) is 5.13 Å². The molecule has 2 aromatic rings. The molecule has 15 heteroatoms. The van der Waals surface area contributed by atoms with Crippen LogP contribution in [0.5, 0.6) is 0 Å². The Bertz CT molecular complexity index is 2090. The number of rotatable bonds is 20. The predicted octanol–water partition coefficient (Wildman–Crippen LogP) is 5.71. The Morgan fingerprint density at radius 3 is 2.37 bits per heavy atom. The number of allylic oxidation sites excluding steroid dienone is 7. The zero-order valence-electron chi connectivity index (χ0n) is 38.4. The van der Waals surface area contributed by atoms with Crippen molar-refractivity contribution in [2.45, 2.75) is 121 Å². The van der Waals surface area contributed by atoms with Crippen LogP contribution in [0.25, 0.3) is 10.2 Å². The summed E-state index contributed by atoms with van der Waals surface area (Å²) >= 11 is 1.60. The lowest BCUT2D eigenvalue weighted by molar-refractivity contribution is -0.144. The summed E-state index contributed by atoms with van der Waals surface area (Å²) in [5.41, 5.74) is 2.35. The predicted molar refractivity (Wildman–Crippen MR) is 256 cm³/mol. The number of morpholine rings is 1. The van der Waals surface area contributed by atoms with E-state index >= 15 is 0 Å². The number of hydrogen-bond donors (Lipinski definition) is 5. The van der Waals surface area contributed by atoms with Crippen molar-refractivity contribution in [3.05, 3.63) is 71.9 Å². The lowest BCUT2D eigenvalue weighted by atomic mass is 9.75. The number of nitrogens with zero attached hydrogens (tertiary/aromatic N) is 3. The number of benzene rings is 1. The number of thiazole rings is 1. The van der Waals surface area contributed by atoms with Crippen LogP contribution >= 0.6 is 11.3 Å². The van der Waals surface area contributed by atoms with Crippen molar-refractivity contribution >= 4 is 56.2 Å². The Morgan fingerprint density at radius 1 is 0.862 bits per heavy atom. The second-order valence-electron chi connectivity index (χ2n) is 18.2. The number of hydrogen-bond acceptors (Lipinski definition) is 10. The number of carbonyl (C=O) groups excluding carboxylic acids is 5. The first-order valence-electron chi connectivity index (χ1n) is 24.3. The van der Waals surface area contributed by atoms with Crippen LogP contribution in [-0.2, 0) is 23.9 Å². The Hall–Kier alpha value is -4.86. The summed E-state index contributed by atoms with van der Waals surface area (Å²) in [5.74, 6) is -1.47.